The molecule has 0 saturated carbocycles. The second-order valence-electron chi connectivity index (χ2n) is 5.85. The fourth-order valence-electron chi connectivity index (χ4n) is 2.66. The quantitative estimate of drug-likeness (QED) is 0.497. The van der Waals surface area contributed by atoms with E-state index in [1.807, 2.05) is 31.4 Å². The fourth-order valence-corrected chi connectivity index (χ4v) is 4.01. The van der Waals surface area contributed by atoms with Gasteiger partial charge in [0.1, 0.15) is 17.2 Å². The Morgan fingerprint density at radius 1 is 1.22 bits per heavy atom. The fraction of sp³-hybridized carbons (Fsp3) is 0.105. The molecule has 0 fully saturated rings. The SMILES string of the molecule is CSc1ccc(C(=O)Nc2cc(C)nn2-c2nc3c(F)cccc3s2)cc1. The van der Waals surface area contributed by atoms with Crippen molar-refractivity contribution in [3.63, 3.8) is 0 Å². The summed E-state index contributed by atoms with van der Waals surface area (Å²) in [4.78, 5) is 18.0. The molecule has 4 aromatic rings. The van der Waals surface area contributed by atoms with Crippen LogP contribution >= 0.6 is 23.1 Å². The van der Waals surface area contributed by atoms with Crippen LogP contribution in [-0.2, 0) is 0 Å². The molecular formula is C19H15FN4OS2. The molecule has 136 valence electrons. The van der Waals surface area contributed by atoms with Crippen LogP contribution in [-0.4, -0.2) is 26.9 Å². The minimum atomic E-state index is -0.377. The smallest absolute Gasteiger partial charge is 0.256 e. The summed E-state index contributed by atoms with van der Waals surface area (Å²) < 4.78 is 16.2. The summed E-state index contributed by atoms with van der Waals surface area (Å²) in [6, 6.07) is 14.0. The Hall–Kier alpha value is -2.71. The Morgan fingerprint density at radius 2 is 2.00 bits per heavy atom. The number of benzene rings is 2. The lowest BCUT2D eigenvalue weighted by Crippen LogP contribution is -2.15. The van der Waals surface area contributed by atoms with E-state index in [0.717, 1.165) is 15.3 Å². The summed E-state index contributed by atoms with van der Waals surface area (Å²) in [6.45, 7) is 1.83. The highest BCUT2D eigenvalue weighted by molar-refractivity contribution is 7.98. The van der Waals surface area contributed by atoms with Crippen LogP contribution in [0.5, 0.6) is 0 Å². The van der Waals surface area contributed by atoms with Crippen molar-refractivity contribution in [3.8, 4) is 5.13 Å². The maximum atomic E-state index is 14.0. The number of fused-ring (bicyclic) bond motifs is 1. The van der Waals surface area contributed by atoms with Gasteiger partial charge in [-0.15, -0.1) is 11.8 Å². The van der Waals surface area contributed by atoms with Crippen LogP contribution in [0.4, 0.5) is 10.2 Å². The molecule has 0 atom stereocenters. The Morgan fingerprint density at radius 3 is 2.70 bits per heavy atom. The number of thioether (sulfide) groups is 1. The number of nitrogens with zero attached hydrogens (tertiary/aromatic N) is 3. The van der Waals surface area contributed by atoms with Gasteiger partial charge in [0.2, 0.25) is 5.13 Å². The van der Waals surface area contributed by atoms with Crippen LogP contribution in [0.3, 0.4) is 0 Å². The van der Waals surface area contributed by atoms with Gasteiger partial charge in [-0.3, -0.25) is 4.79 Å². The van der Waals surface area contributed by atoms with Crippen molar-refractivity contribution in [2.45, 2.75) is 11.8 Å². The molecular weight excluding hydrogens is 383 g/mol. The van der Waals surface area contributed by atoms with E-state index < -0.39 is 0 Å². The number of aryl methyl sites for hydroxylation is 1. The summed E-state index contributed by atoms with van der Waals surface area (Å²) >= 11 is 2.93. The molecule has 2 aromatic heterocycles. The summed E-state index contributed by atoms with van der Waals surface area (Å²) in [7, 11) is 0. The number of carbonyl (C=O) groups excluding carboxylic acids is 1. The molecule has 0 aliphatic rings. The number of amides is 1. The lowest BCUT2D eigenvalue weighted by molar-refractivity contribution is 0.102. The molecule has 0 aliphatic heterocycles. The van der Waals surface area contributed by atoms with Gasteiger partial charge in [-0.05, 0) is 49.6 Å². The molecule has 4 rings (SSSR count). The van der Waals surface area contributed by atoms with E-state index >= 15 is 0 Å². The standard InChI is InChI=1S/C19H15FN4OS2/c1-11-10-16(21-18(25)12-6-8-13(26-2)9-7-12)24(23-11)19-22-17-14(20)4-3-5-15(17)27-19/h3-10H,1-2H3,(H,21,25). The van der Waals surface area contributed by atoms with Gasteiger partial charge in [-0.1, -0.05) is 17.4 Å². The second kappa shape index (κ2) is 7.13. The van der Waals surface area contributed by atoms with E-state index in [1.165, 1.54) is 22.1 Å². The molecule has 5 nitrogen and oxygen atoms in total. The van der Waals surface area contributed by atoms with Crippen molar-refractivity contribution >= 4 is 45.0 Å². The molecule has 2 heterocycles. The molecule has 0 aliphatic carbocycles. The first kappa shape index (κ1) is 17.7. The van der Waals surface area contributed by atoms with E-state index in [-0.39, 0.29) is 11.7 Å². The summed E-state index contributed by atoms with van der Waals surface area (Å²) in [5, 5.41) is 7.77. The van der Waals surface area contributed by atoms with Crippen molar-refractivity contribution in [2.24, 2.45) is 0 Å². The number of para-hydroxylation sites is 1. The number of halogens is 1. The molecule has 0 unspecified atom stereocenters. The highest BCUT2D eigenvalue weighted by atomic mass is 32.2. The van der Waals surface area contributed by atoms with Crippen LogP contribution in [0.1, 0.15) is 16.1 Å². The van der Waals surface area contributed by atoms with Crippen molar-refractivity contribution in [1.29, 1.82) is 0 Å². The third-order valence-electron chi connectivity index (χ3n) is 3.96. The molecule has 0 bridgehead atoms. The first-order valence-electron chi connectivity index (χ1n) is 8.12. The van der Waals surface area contributed by atoms with E-state index in [9.17, 15) is 9.18 Å². The van der Waals surface area contributed by atoms with Crippen molar-refractivity contribution in [2.75, 3.05) is 11.6 Å². The molecule has 27 heavy (non-hydrogen) atoms. The van der Waals surface area contributed by atoms with Crippen molar-refractivity contribution in [3.05, 3.63) is 65.6 Å². The number of aromatic nitrogens is 3. The first-order valence-corrected chi connectivity index (χ1v) is 10.2. The third kappa shape index (κ3) is 3.45. The van der Waals surface area contributed by atoms with Crippen LogP contribution in [0.25, 0.3) is 15.3 Å². The van der Waals surface area contributed by atoms with Gasteiger partial charge in [0.15, 0.2) is 0 Å². The van der Waals surface area contributed by atoms with Crippen molar-refractivity contribution < 1.29 is 9.18 Å². The molecule has 0 saturated heterocycles. The van der Waals surface area contributed by atoms with Gasteiger partial charge in [0.25, 0.3) is 5.91 Å². The zero-order valence-corrected chi connectivity index (χ0v) is 16.2. The average molecular weight is 398 g/mol. The third-order valence-corrected chi connectivity index (χ3v) is 5.70. The maximum Gasteiger partial charge on any atom is 0.256 e. The predicted molar refractivity (Wildman–Crippen MR) is 108 cm³/mol. The van der Waals surface area contributed by atoms with Gasteiger partial charge in [0.05, 0.1) is 10.4 Å². The summed E-state index contributed by atoms with van der Waals surface area (Å²) in [5.74, 6) is -0.125. The first-order chi connectivity index (χ1) is 13.0. The molecule has 0 radical (unpaired) electrons. The predicted octanol–water partition coefficient (Wildman–Crippen LogP) is 4.90. The highest BCUT2D eigenvalue weighted by Crippen LogP contribution is 2.28. The van der Waals surface area contributed by atoms with Gasteiger partial charge >= 0.3 is 0 Å². The molecule has 2 aromatic carbocycles. The largest absolute Gasteiger partial charge is 0.306 e. The zero-order chi connectivity index (χ0) is 19.0. The van der Waals surface area contributed by atoms with E-state index in [2.05, 4.69) is 15.4 Å². The zero-order valence-electron chi connectivity index (χ0n) is 14.6. The van der Waals surface area contributed by atoms with E-state index in [0.29, 0.717) is 22.0 Å². The summed E-state index contributed by atoms with van der Waals surface area (Å²) in [5.41, 5.74) is 1.58. The molecule has 8 heteroatoms. The summed E-state index contributed by atoms with van der Waals surface area (Å²) in [6.07, 6.45) is 1.98. The lowest BCUT2D eigenvalue weighted by Gasteiger charge is -2.07. The number of anilines is 1. The number of hydrogen-bond acceptors (Lipinski definition) is 5. The van der Waals surface area contributed by atoms with Crippen molar-refractivity contribution in [1.82, 2.24) is 14.8 Å². The molecule has 1 N–H and O–H groups in total. The monoisotopic (exact) mass is 398 g/mol. The van der Waals surface area contributed by atoms with Crippen LogP contribution in [0.15, 0.2) is 53.4 Å². The topological polar surface area (TPSA) is 59.8 Å². The van der Waals surface area contributed by atoms with Gasteiger partial charge < -0.3 is 5.32 Å². The highest BCUT2D eigenvalue weighted by Gasteiger charge is 2.16. The number of thiazole rings is 1. The number of nitrogens with one attached hydrogen (secondary N) is 1. The number of hydrogen-bond donors (Lipinski definition) is 1. The Bertz CT molecular complexity index is 1130. The number of carbonyl (C=O) groups is 1. The van der Waals surface area contributed by atoms with Crippen LogP contribution in [0.2, 0.25) is 0 Å². The van der Waals surface area contributed by atoms with E-state index in [1.54, 1.807) is 36.0 Å². The average Bonchev–Trinajstić information content (AvgIpc) is 3.26. The Balaban J connectivity index is 1.67. The Kier molecular flexibility index (Phi) is 4.67. The molecule has 0 spiro atoms. The van der Waals surface area contributed by atoms with Gasteiger partial charge in [-0.2, -0.15) is 9.78 Å². The minimum absolute atomic E-state index is 0.240. The van der Waals surface area contributed by atoms with Crippen LogP contribution < -0.4 is 5.32 Å². The van der Waals surface area contributed by atoms with E-state index in [4.69, 9.17) is 0 Å². The van der Waals surface area contributed by atoms with Crippen LogP contribution in [0, 0.1) is 12.7 Å². The number of rotatable bonds is 4. The van der Waals surface area contributed by atoms with Gasteiger partial charge in [-0.25, -0.2) is 9.37 Å². The van der Waals surface area contributed by atoms with Gasteiger partial charge in [0, 0.05) is 16.5 Å². The minimum Gasteiger partial charge on any atom is -0.306 e. The lowest BCUT2D eigenvalue weighted by atomic mass is 10.2. The molecule has 1 amide bonds. The Labute approximate surface area is 163 Å². The second-order valence-corrected chi connectivity index (χ2v) is 7.74. The maximum absolute atomic E-state index is 14.0. The normalized spacial score (nSPS) is 11.1.